The van der Waals surface area contributed by atoms with Crippen molar-refractivity contribution in [2.45, 2.75) is 51.0 Å². The summed E-state index contributed by atoms with van der Waals surface area (Å²) in [4.78, 5) is 23.6. The van der Waals surface area contributed by atoms with Gasteiger partial charge in [-0.25, -0.2) is 4.79 Å². The maximum atomic E-state index is 12.1. The molecule has 1 aliphatic heterocycles. The third-order valence-electron chi connectivity index (χ3n) is 4.27. The zero-order valence-corrected chi connectivity index (χ0v) is 14.8. The number of thioether (sulfide) groups is 1. The number of rotatable bonds is 5. The lowest BCUT2D eigenvalue weighted by Crippen LogP contribution is -2.54. The molecule has 0 saturated carbocycles. The van der Waals surface area contributed by atoms with Crippen LogP contribution in [0.1, 0.15) is 44.7 Å². The van der Waals surface area contributed by atoms with E-state index in [0.29, 0.717) is 25.0 Å². The summed E-state index contributed by atoms with van der Waals surface area (Å²) in [5.41, 5.74) is 1.40. The van der Waals surface area contributed by atoms with Crippen molar-refractivity contribution in [2.75, 3.05) is 11.5 Å². The molecule has 1 heterocycles. The van der Waals surface area contributed by atoms with Crippen LogP contribution in [0.15, 0.2) is 24.3 Å². The molecular weight excluding hydrogens is 310 g/mol. The van der Waals surface area contributed by atoms with Crippen LogP contribution >= 0.6 is 11.8 Å². The largest absolute Gasteiger partial charge is 0.479 e. The summed E-state index contributed by atoms with van der Waals surface area (Å²) in [6.45, 7) is 6.50. The standard InChI is InChI=1S/C18H25NO3S/c1-17(2,3)14-7-4-13(5-8-14)6-9-15(20)19-18(16(21)22)10-11-23-12-18/h4-5,7-8H,6,9-12H2,1-3H3,(H,19,20)(H,21,22). The second-order valence-electron chi connectivity index (χ2n) is 7.18. The van der Waals surface area contributed by atoms with Crippen molar-refractivity contribution in [1.29, 1.82) is 0 Å². The van der Waals surface area contributed by atoms with E-state index in [9.17, 15) is 14.7 Å². The number of aryl methyl sites for hydroxylation is 1. The van der Waals surface area contributed by atoms with E-state index in [1.807, 2.05) is 12.1 Å². The van der Waals surface area contributed by atoms with Crippen LogP contribution in [-0.2, 0) is 21.4 Å². The fraction of sp³-hybridized carbons (Fsp3) is 0.556. The van der Waals surface area contributed by atoms with Crippen LogP contribution in [-0.4, -0.2) is 34.0 Å². The van der Waals surface area contributed by atoms with Crippen molar-refractivity contribution >= 4 is 23.6 Å². The molecule has 1 unspecified atom stereocenters. The van der Waals surface area contributed by atoms with Crippen LogP contribution in [0.2, 0.25) is 0 Å². The number of benzene rings is 1. The van der Waals surface area contributed by atoms with Crippen molar-refractivity contribution in [3.05, 3.63) is 35.4 Å². The molecule has 1 aliphatic rings. The van der Waals surface area contributed by atoms with Gasteiger partial charge in [0.25, 0.3) is 0 Å². The van der Waals surface area contributed by atoms with Crippen LogP contribution in [0.3, 0.4) is 0 Å². The molecule has 2 N–H and O–H groups in total. The molecule has 0 aliphatic carbocycles. The van der Waals surface area contributed by atoms with Crippen molar-refractivity contribution in [3.63, 3.8) is 0 Å². The predicted octanol–water partition coefficient (Wildman–Crippen LogP) is 2.99. The zero-order chi connectivity index (χ0) is 17.1. The lowest BCUT2D eigenvalue weighted by Gasteiger charge is -2.24. The molecule has 1 saturated heterocycles. The summed E-state index contributed by atoms with van der Waals surface area (Å²) in [6, 6.07) is 8.29. The highest BCUT2D eigenvalue weighted by atomic mass is 32.2. The molecule has 126 valence electrons. The number of carboxylic acids is 1. The van der Waals surface area contributed by atoms with E-state index in [0.717, 1.165) is 11.3 Å². The van der Waals surface area contributed by atoms with Gasteiger partial charge < -0.3 is 10.4 Å². The van der Waals surface area contributed by atoms with Gasteiger partial charge in [-0.1, -0.05) is 45.0 Å². The topological polar surface area (TPSA) is 66.4 Å². The van der Waals surface area contributed by atoms with Gasteiger partial charge in [0.15, 0.2) is 0 Å². The van der Waals surface area contributed by atoms with Crippen LogP contribution in [0, 0.1) is 0 Å². The maximum absolute atomic E-state index is 12.1. The number of hydrogen-bond acceptors (Lipinski definition) is 3. The van der Waals surface area contributed by atoms with Crippen LogP contribution in [0.25, 0.3) is 0 Å². The number of carboxylic acid groups (broad SMARTS) is 1. The van der Waals surface area contributed by atoms with E-state index < -0.39 is 11.5 Å². The van der Waals surface area contributed by atoms with Gasteiger partial charge in [0.2, 0.25) is 5.91 Å². The van der Waals surface area contributed by atoms with E-state index in [4.69, 9.17) is 0 Å². The summed E-state index contributed by atoms with van der Waals surface area (Å²) >= 11 is 1.57. The maximum Gasteiger partial charge on any atom is 0.330 e. The molecule has 2 rings (SSSR count). The van der Waals surface area contributed by atoms with Gasteiger partial charge in [-0.3, -0.25) is 4.79 Å². The summed E-state index contributed by atoms with van der Waals surface area (Å²) < 4.78 is 0. The van der Waals surface area contributed by atoms with Gasteiger partial charge in [-0.05, 0) is 35.1 Å². The Morgan fingerprint density at radius 2 is 1.91 bits per heavy atom. The van der Waals surface area contributed by atoms with Gasteiger partial charge in [-0.15, -0.1) is 0 Å². The third-order valence-corrected chi connectivity index (χ3v) is 5.46. The molecule has 0 bridgehead atoms. The van der Waals surface area contributed by atoms with E-state index in [1.165, 1.54) is 5.56 Å². The SMILES string of the molecule is CC(C)(C)c1ccc(CCC(=O)NC2(C(=O)O)CCSC2)cc1. The lowest BCUT2D eigenvalue weighted by atomic mass is 9.86. The molecule has 1 atom stereocenters. The monoisotopic (exact) mass is 335 g/mol. The fourth-order valence-corrected chi connectivity index (χ4v) is 3.97. The van der Waals surface area contributed by atoms with Crippen molar-refractivity contribution in [3.8, 4) is 0 Å². The molecule has 0 aromatic heterocycles. The second kappa shape index (κ2) is 6.95. The second-order valence-corrected chi connectivity index (χ2v) is 8.29. The van der Waals surface area contributed by atoms with Gasteiger partial charge in [0.1, 0.15) is 5.54 Å². The first-order valence-electron chi connectivity index (χ1n) is 7.94. The van der Waals surface area contributed by atoms with Gasteiger partial charge in [0.05, 0.1) is 0 Å². The Morgan fingerprint density at radius 3 is 2.39 bits per heavy atom. The Kier molecular flexibility index (Phi) is 5.40. The van der Waals surface area contributed by atoms with Crippen LogP contribution < -0.4 is 5.32 Å². The number of hydrogen-bond donors (Lipinski definition) is 2. The fourth-order valence-electron chi connectivity index (χ4n) is 2.64. The van der Waals surface area contributed by atoms with Crippen molar-refractivity contribution in [1.82, 2.24) is 5.32 Å². The molecule has 1 aromatic carbocycles. The van der Waals surface area contributed by atoms with Gasteiger partial charge >= 0.3 is 5.97 Å². The molecular formula is C18H25NO3S. The summed E-state index contributed by atoms with van der Waals surface area (Å²) in [6.07, 6.45) is 1.44. The zero-order valence-electron chi connectivity index (χ0n) is 14.0. The Hall–Kier alpha value is -1.49. The first kappa shape index (κ1) is 17.9. The van der Waals surface area contributed by atoms with Crippen molar-refractivity contribution in [2.24, 2.45) is 0 Å². The van der Waals surface area contributed by atoms with E-state index in [1.54, 1.807) is 11.8 Å². The number of carbonyl (C=O) groups is 2. The van der Waals surface area contributed by atoms with Gasteiger partial charge in [0, 0.05) is 12.2 Å². The predicted molar refractivity (Wildman–Crippen MR) is 93.9 cm³/mol. The summed E-state index contributed by atoms with van der Waals surface area (Å²) in [7, 11) is 0. The average molecular weight is 335 g/mol. The molecule has 5 heteroatoms. The first-order chi connectivity index (χ1) is 10.7. The average Bonchev–Trinajstić information content (AvgIpc) is 2.94. The minimum atomic E-state index is -1.07. The minimum absolute atomic E-state index is 0.115. The Bertz CT molecular complexity index is 569. The quantitative estimate of drug-likeness (QED) is 0.868. The number of carbonyl (C=O) groups excluding carboxylic acids is 1. The van der Waals surface area contributed by atoms with E-state index in [-0.39, 0.29) is 11.3 Å². The molecule has 23 heavy (non-hydrogen) atoms. The molecule has 0 radical (unpaired) electrons. The number of aliphatic carboxylic acids is 1. The Balaban J connectivity index is 1.90. The first-order valence-corrected chi connectivity index (χ1v) is 9.10. The van der Waals surface area contributed by atoms with Crippen LogP contribution in [0.4, 0.5) is 0 Å². The number of amides is 1. The smallest absolute Gasteiger partial charge is 0.330 e. The Morgan fingerprint density at radius 1 is 1.26 bits per heavy atom. The summed E-state index contributed by atoms with van der Waals surface area (Å²) in [5.74, 6) is 0.120. The van der Waals surface area contributed by atoms with E-state index in [2.05, 4.69) is 38.2 Å². The van der Waals surface area contributed by atoms with E-state index >= 15 is 0 Å². The lowest BCUT2D eigenvalue weighted by molar-refractivity contribution is -0.146. The molecule has 0 spiro atoms. The third kappa shape index (κ3) is 4.50. The highest BCUT2D eigenvalue weighted by Gasteiger charge is 2.43. The highest BCUT2D eigenvalue weighted by molar-refractivity contribution is 7.99. The van der Waals surface area contributed by atoms with Crippen LogP contribution in [0.5, 0.6) is 0 Å². The molecule has 1 aromatic rings. The van der Waals surface area contributed by atoms with Gasteiger partial charge in [-0.2, -0.15) is 11.8 Å². The van der Waals surface area contributed by atoms with Crippen molar-refractivity contribution < 1.29 is 14.7 Å². The normalized spacial score (nSPS) is 21.2. The number of nitrogens with one attached hydrogen (secondary N) is 1. The minimum Gasteiger partial charge on any atom is -0.479 e. The molecule has 4 nitrogen and oxygen atoms in total. The Labute approximate surface area is 142 Å². The molecule has 1 amide bonds. The molecule has 1 fully saturated rings. The summed E-state index contributed by atoms with van der Waals surface area (Å²) in [5, 5.41) is 12.1. The highest BCUT2D eigenvalue weighted by Crippen LogP contribution is 2.28.